The quantitative estimate of drug-likeness (QED) is 0.905. The fraction of sp³-hybridized carbons (Fsp3) is 0.667. The molecule has 2 saturated heterocycles. The Hall–Kier alpha value is -0.860. The van der Waals surface area contributed by atoms with Gasteiger partial charge in [-0.3, -0.25) is 4.90 Å². The van der Waals surface area contributed by atoms with Crippen LogP contribution in [-0.4, -0.2) is 30.6 Å². The first kappa shape index (κ1) is 14.1. The van der Waals surface area contributed by atoms with Crippen LogP contribution in [0.5, 0.6) is 0 Å². The maximum absolute atomic E-state index is 3.68. The van der Waals surface area contributed by atoms with Gasteiger partial charge in [-0.1, -0.05) is 31.2 Å². The van der Waals surface area contributed by atoms with Gasteiger partial charge in [0.15, 0.2) is 0 Å². The Morgan fingerprint density at radius 3 is 2.35 bits per heavy atom. The monoisotopic (exact) mass is 272 g/mol. The van der Waals surface area contributed by atoms with E-state index in [1.54, 1.807) is 0 Å². The largest absolute Gasteiger partial charge is 0.314 e. The van der Waals surface area contributed by atoms with Crippen molar-refractivity contribution in [3.8, 4) is 0 Å². The number of benzene rings is 1. The topological polar surface area (TPSA) is 15.3 Å². The molecule has 1 N–H and O–H groups in total. The highest BCUT2D eigenvalue weighted by Crippen LogP contribution is 2.26. The molecular formula is C18H28N2. The molecule has 0 aromatic heterocycles. The summed E-state index contributed by atoms with van der Waals surface area (Å²) in [6, 6.07) is 10.0. The molecule has 1 aromatic rings. The van der Waals surface area contributed by atoms with E-state index in [9.17, 15) is 0 Å². The molecule has 2 nitrogen and oxygen atoms in total. The summed E-state index contributed by atoms with van der Waals surface area (Å²) >= 11 is 0. The number of nitrogens with one attached hydrogen (secondary N) is 1. The molecule has 0 aliphatic carbocycles. The van der Waals surface area contributed by atoms with Crippen LogP contribution < -0.4 is 5.32 Å². The minimum absolute atomic E-state index is 0.820. The molecule has 2 fully saturated rings. The highest BCUT2D eigenvalue weighted by molar-refractivity contribution is 5.22. The highest BCUT2D eigenvalue weighted by atomic mass is 15.1. The van der Waals surface area contributed by atoms with E-state index < -0.39 is 0 Å². The number of aryl methyl sites for hydroxylation is 1. The SMILES string of the molecule is CCc1ccc(CN2CCC(C3CCCN3)CC2)cc1. The number of piperidine rings is 1. The first-order valence-corrected chi connectivity index (χ1v) is 8.38. The van der Waals surface area contributed by atoms with Crippen LogP contribution in [0.2, 0.25) is 0 Å². The first-order chi connectivity index (χ1) is 9.85. The van der Waals surface area contributed by atoms with E-state index in [1.165, 1.54) is 56.4 Å². The summed E-state index contributed by atoms with van der Waals surface area (Å²) in [4.78, 5) is 2.63. The van der Waals surface area contributed by atoms with E-state index in [2.05, 4.69) is 41.4 Å². The molecule has 0 saturated carbocycles. The third-order valence-corrected chi connectivity index (χ3v) is 5.14. The molecule has 110 valence electrons. The zero-order valence-corrected chi connectivity index (χ0v) is 12.8. The minimum Gasteiger partial charge on any atom is -0.314 e. The molecule has 1 atom stereocenters. The molecule has 0 spiro atoms. The molecule has 2 heterocycles. The third-order valence-electron chi connectivity index (χ3n) is 5.14. The van der Waals surface area contributed by atoms with Crippen molar-refractivity contribution in [3.63, 3.8) is 0 Å². The maximum atomic E-state index is 3.68. The van der Waals surface area contributed by atoms with Gasteiger partial charge in [-0.2, -0.15) is 0 Å². The lowest BCUT2D eigenvalue weighted by Gasteiger charge is -2.35. The molecule has 2 aliphatic rings. The summed E-state index contributed by atoms with van der Waals surface area (Å²) in [6.07, 6.45) is 6.69. The van der Waals surface area contributed by atoms with E-state index in [4.69, 9.17) is 0 Å². The Balaban J connectivity index is 1.47. The molecule has 2 heteroatoms. The molecule has 1 unspecified atom stereocenters. The van der Waals surface area contributed by atoms with Crippen LogP contribution >= 0.6 is 0 Å². The van der Waals surface area contributed by atoms with Crippen LogP contribution in [-0.2, 0) is 13.0 Å². The number of rotatable bonds is 4. The predicted molar refractivity (Wildman–Crippen MR) is 84.8 cm³/mol. The van der Waals surface area contributed by atoms with Crippen LogP contribution in [0.1, 0.15) is 43.7 Å². The zero-order valence-electron chi connectivity index (χ0n) is 12.8. The Bertz CT molecular complexity index is 398. The second-order valence-electron chi connectivity index (χ2n) is 6.49. The normalized spacial score (nSPS) is 25.1. The second-order valence-corrected chi connectivity index (χ2v) is 6.49. The lowest BCUT2D eigenvalue weighted by Crippen LogP contribution is -2.40. The summed E-state index contributed by atoms with van der Waals surface area (Å²) in [6.45, 7) is 7.15. The first-order valence-electron chi connectivity index (χ1n) is 8.38. The number of hydrogen-bond acceptors (Lipinski definition) is 2. The average Bonchev–Trinajstić information content (AvgIpc) is 3.03. The Labute approximate surface area is 123 Å². The van der Waals surface area contributed by atoms with Crippen LogP contribution in [0.4, 0.5) is 0 Å². The van der Waals surface area contributed by atoms with E-state index in [0.717, 1.165) is 24.9 Å². The summed E-state index contributed by atoms with van der Waals surface area (Å²) in [5, 5.41) is 3.68. The van der Waals surface area contributed by atoms with Gasteiger partial charge in [-0.15, -0.1) is 0 Å². The Kier molecular flexibility index (Phi) is 4.74. The molecule has 0 amide bonds. The minimum atomic E-state index is 0.820. The summed E-state index contributed by atoms with van der Waals surface area (Å²) in [5.74, 6) is 0.927. The van der Waals surface area contributed by atoms with Crippen molar-refractivity contribution in [3.05, 3.63) is 35.4 Å². The summed E-state index contributed by atoms with van der Waals surface area (Å²) in [5.41, 5.74) is 2.92. The van der Waals surface area contributed by atoms with E-state index in [0.29, 0.717) is 0 Å². The van der Waals surface area contributed by atoms with Gasteiger partial charge in [-0.05, 0) is 68.8 Å². The number of likely N-dealkylation sites (tertiary alicyclic amines) is 1. The van der Waals surface area contributed by atoms with Crippen LogP contribution in [0.3, 0.4) is 0 Å². The van der Waals surface area contributed by atoms with Gasteiger partial charge >= 0.3 is 0 Å². The van der Waals surface area contributed by atoms with Crippen molar-refractivity contribution in [2.24, 2.45) is 5.92 Å². The van der Waals surface area contributed by atoms with Crippen molar-refractivity contribution < 1.29 is 0 Å². The van der Waals surface area contributed by atoms with Gasteiger partial charge in [-0.25, -0.2) is 0 Å². The molecule has 3 rings (SSSR count). The molecule has 0 bridgehead atoms. The van der Waals surface area contributed by atoms with E-state index in [-0.39, 0.29) is 0 Å². The van der Waals surface area contributed by atoms with Crippen molar-refractivity contribution in [1.82, 2.24) is 10.2 Å². The summed E-state index contributed by atoms with van der Waals surface area (Å²) in [7, 11) is 0. The van der Waals surface area contributed by atoms with Crippen molar-refractivity contribution >= 4 is 0 Å². The van der Waals surface area contributed by atoms with Gasteiger partial charge in [0.1, 0.15) is 0 Å². The third kappa shape index (κ3) is 3.42. The lowest BCUT2D eigenvalue weighted by molar-refractivity contribution is 0.157. The van der Waals surface area contributed by atoms with Crippen molar-refractivity contribution in [1.29, 1.82) is 0 Å². The Morgan fingerprint density at radius 2 is 1.75 bits per heavy atom. The highest BCUT2D eigenvalue weighted by Gasteiger charge is 2.28. The van der Waals surface area contributed by atoms with Crippen molar-refractivity contribution in [2.45, 2.75) is 51.6 Å². The van der Waals surface area contributed by atoms with Gasteiger partial charge in [0.05, 0.1) is 0 Å². The molecule has 1 aromatic carbocycles. The summed E-state index contributed by atoms with van der Waals surface area (Å²) < 4.78 is 0. The van der Waals surface area contributed by atoms with E-state index >= 15 is 0 Å². The maximum Gasteiger partial charge on any atom is 0.0233 e. The zero-order chi connectivity index (χ0) is 13.8. The standard InChI is InChI=1S/C18H28N2/c1-2-15-5-7-16(8-6-15)14-20-12-9-17(10-13-20)18-4-3-11-19-18/h5-8,17-19H,2-4,9-14H2,1H3. The van der Waals surface area contributed by atoms with Crippen LogP contribution in [0.25, 0.3) is 0 Å². The van der Waals surface area contributed by atoms with Gasteiger partial charge in [0.25, 0.3) is 0 Å². The lowest BCUT2D eigenvalue weighted by atomic mass is 9.88. The van der Waals surface area contributed by atoms with Gasteiger partial charge in [0.2, 0.25) is 0 Å². The fourth-order valence-electron chi connectivity index (χ4n) is 3.77. The molecular weight excluding hydrogens is 244 g/mol. The smallest absolute Gasteiger partial charge is 0.0233 e. The molecule has 2 aliphatic heterocycles. The van der Waals surface area contributed by atoms with Gasteiger partial charge < -0.3 is 5.32 Å². The van der Waals surface area contributed by atoms with Crippen LogP contribution in [0, 0.1) is 5.92 Å². The molecule has 0 radical (unpaired) electrons. The fourth-order valence-corrected chi connectivity index (χ4v) is 3.77. The van der Waals surface area contributed by atoms with Gasteiger partial charge in [0, 0.05) is 12.6 Å². The number of nitrogens with zero attached hydrogens (tertiary/aromatic N) is 1. The average molecular weight is 272 g/mol. The van der Waals surface area contributed by atoms with E-state index in [1.807, 2.05) is 0 Å². The Morgan fingerprint density at radius 1 is 1.05 bits per heavy atom. The number of hydrogen-bond donors (Lipinski definition) is 1. The molecule has 20 heavy (non-hydrogen) atoms. The van der Waals surface area contributed by atoms with Crippen LogP contribution in [0.15, 0.2) is 24.3 Å². The second kappa shape index (κ2) is 6.73. The van der Waals surface area contributed by atoms with Crippen molar-refractivity contribution in [2.75, 3.05) is 19.6 Å². The predicted octanol–water partition coefficient (Wildman–Crippen LogP) is 3.21.